The Morgan fingerprint density at radius 1 is 1.63 bits per heavy atom. The van der Waals surface area contributed by atoms with Gasteiger partial charge in [-0.1, -0.05) is 11.8 Å². The highest BCUT2D eigenvalue weighted by Crippen LogP contribution is 2.65. The zero-order valence-electron chi connectivity index (χ0n) is 10.2. The van der Waals surface area contributed by atoms with Crippen molar-refractivity contribution in [3.63, 3.8) is 0 Å². The fourth-order valence-electron chi connectivity index (χ4n) is 2.85. The Labute approximate surface area is 122 Å². The van der Waals surface area contributed by atoms with E-state index in [2.05, 4.69) is 25.9 Å². The maximum atomic E-state index is 14.0. The second kappa shape index (κ2) is 4.15. The van der Waals surface area contributed by atoms with Gasteiger partial charge in [-0.05, 0) is 35.3 Å². The Morgan fingerprint density at radius 2 is 2.37 bits per heavy atom. The number of halogens is 3. The third-order valence-electron chi connectivity index (χ3n) is 3.93. The zero-order chi connectivity index (χ0) is 13.8. The van der Waals surface area contributed by atoms with Crippen molar-refractivity contribution in [2.45, 2.75) is 23.6 Å². The quantitative estimate of drug-likeness (QED) is 0.836. The molecule has 102 valence electrons. The van der Waals surface area contributed by atoms with Crippen LogP contribution < -0.4 is 5.73 Å². The van der Waals surface area contributed by atoms with Crippen LogP contribution in [0.25, 0.3) is 0 Å². The highest BCUT2D eigenvalue weighted by atomic mass is 79.9. The summed E-state index contributed by atoms with van der Waals surface area (Å²) in [6, 6.07) is 1.65. The van der Waals surface area contributed by atoms with Crippen molar-refractivity contribution < 1.29 is 8.78 Å². The van der Waals surface area contributed by atoms with Gasteiger partial charge in [0.15, 0.2) is 5.17 Å². The van der Waals surface area contributed by atoms with Gasteiger partial charge < -0.3 is 5.73 Å². The first-order chi connectivity index (χ1) is 8.91. The van der Waals surface area contributed by atoms with E-state index in [1.54, 1.807) is 13.0 Å². The molecule has 3 atom stereocenters. The number of hydrogen-bond donors (Lipinski definition) is 1. The summed E-state index contributed by atoms with van der Waals surface area (Å²) in [6.45, 7) is 1.32. The van der Waals surface area contributed by atoms with Gasteiger partial charge in [-0.15, -0.1) is 0 Å². The lowest BCUT2D eigenvalue weighted by atomic mass is 9.87. The molecule has 1 aromatic rings. The van der Waals surface area contributed by atoms with Crippen LogP contribution in [0, 0.1) is 11.9 Å². The summed E-state index contributed by atoms with van der Waals surface area (Å²) in [5.74, 6) is -0.623. The summed E-state index contributed by atoms with van der Waals surface area (Å²) in [5.41, 5.74) is 5.33. The average Bonchev–Trinajstić information content (AvgIpc) is 3.08. The standard InChI is InChI=1S/C12H12BrF2N3S/c1-11(7-2-6(13)4-17-9(7)15)8-3-12(8,5-14)19-10(16)18-11/h2,4,8H,3,5H2,1H3,(H2,16,18)/t8-,11+,12+/m0/s1. The Balaban J connectivity index is 2.12. The van der Waals surface area contributed by atoms with Crippen molar-refractivity contribution in [1.29, 1.82) is 0 Å². The van der Waals surface area contributed by atoms with E-state index in [9.17, 15) is 8.78 Å². The molecule has 0 unspecified atom stereocenters. The van der Waals surface area contributed by atoms with Crippen LogP contribution in [0.15, 0.2) is 21.7 Å². The first-order valence-electron chi connectivity index (χ1n) is 5.83. The molecule has 1 aliphatic heterocycles. The van der Waals surface area contributed by atoms with Crippen molar-refractivity contribution >= 4 is 32.9 Å². The topological polar surface area (TPSA) is 51.3 Å². The number of hydrogen-bond acceptors (Lipinski definition) is 4. The minimum atomic E-state index is -0.845. The van der Waals surface area contributed by atoms with Gasteiger partial charge >= 0.3 is 0 Å². The number of amidine groups is 1. The van der Waals surface area contributed by atoms with E-state index in [0.717, 1.165) is 0 Å². The van der Waals surface area contributed by atoms with Crippen LogP contribution in [0.5, 0.6) is 0 Å². The van der Waals surface area contributed by atoms with Gasteiger partial charge in [0.05, 0.1) is 10.3 Å². The largest absolute Gasteiger partial charge is 0.378 e. The third-order valence-corrected chi connectivity index (χ3v) is 5.63. The highest BCUT2D eigenvalue weighted by molar-refractivity contribution is 9.10. The number of alkyl halides is 1. The number of aliphatic imine (C=N–C) groups is 1. The molecule has 1 aliphatic carbocycles. The molecule has 0 bridgehead atoms. The Bertz CT molecular complexity index is 582. The van der Waals surface area contributed by atoms with Crippen molar-refractivity contribution in [1.82, 2.24) is 4.98 Å². The van der Waals surface area contributed by atoms with E-state index >= 15 is 0 Å². The van der Waals surface area contributed by atoms with E-state index < -0.39 is 22.9 Å². The molecular formula is C12H12BrF2N3S. The van der Waals surface area contributed by atoms with Gasteiger partial charge in [0.2, 0.25) is 5.95 Å². The monoisotopic (exact) mass is 347 g/mol. The Morgan fingerprint density at radius 3 is 3.05 bits per heavy atom. The molecule has 0 saturated heterocycles. The molecule has 1 fully saturated rings. The fraction of sp³-hybridized carbons (Fsp3) is 0.500. The van der Waals surface area contributed by atoms with Crippen LogP contribution in [0.4, 0.5) is 8.78 Å². The lowest BCUT2D eigenvalue weighted by Crippen LogP contribution is -2.37. The molecule has 0 spiro atoms. The second-order valence-electron chi connectivity index (χ2n) is 5.15. The number of pyridine rings is 1. The lowest BCUT2D eigenvalue weighted by molar-refractivity contribution is 0.359. The summed E-state index contributed by atoms with van der Waals surface area (Å²) >= 11 is 4.55. The third kappa shape index (κ3) is 1.89. The van der Waals surface area contributed by atoms with Gasteiger partial charge in [0, 0.05) is 22.2 Å². The molecule has 0 aromatic carbocycles. The van der Waals surface area contributed by atoms with Crippen LogP contribution in [-0.2, 0) is 5.54 Å². The van der Waals surface area contributed by atoms with E-state index in [1.165, 1.54) is 18.0 Å². The smallest absolute Gasteiger partial charge is 0.218 e. The molecule has 2 heterocycles. The number of rotatable bonds is 2. The predicted octanol–water partition coefficient (Wildman–Crippen LogP) is 2.99. The zero-order valence-corrected chi connectivity index (χ0v) is 12.6. The highest BCUT2D eigenvalue weighted by Gasteiger charge is 2.66. The molecule has 7 heteroatoms. The fourth-order valence-corrected chi connectivity index (χ4v) is 4.51. The van der Waals surface area contributed by atoms with Crippen LogP contribution >= 0.6 is 27.7 Å². The summed E-state index contributed by atoms with van der Waals surface area (Å²) in [7, 11) is 0. The Hall–Kier alpha value is -0.690. The molecule has 0 radical (unpaired) electrons. The van der Waals surface area contributed by atoms with Crippen molar-refractivity contribution in [3.05, 3.63) is 28.2 Å². The van der Waals surface area contributed by atoms with Gasteiger partial charge in [-0.25, -0.2) is 9.37 Å². The second-order valence-corrected chi connectivity index (χ2v) is 7.50. The molecule has 2 N–H and O–H groups in total. The minimum Gasteiger partial charge on any atom is -0.378 e. The number of aromatic nitrogens is 1. The van der Waals surface area contributed by atoms with Crippen molar-refractivity contribution in [3.8, 4) is 0 Å². The van der Waals surface area contributed by atoms with Crippen LogP contribution in [0.2, 0.25) is 0 Å². The number of thioether (sulfide) groups is 1. The van der Waals surface area contributed by atoms with E-state index in [0.29, 0.717) is 21.6 Å². The number of nitrogens with zero attached hydrogens (tertiary/aromatic N) is 2. The van der Waals surface area contributed by atoms with Crippen molar-refractivity contribution in [2.75, 3.05) is 6.67 Å². The maximum absolute atomic E-state index is 14.0. The summed E-state index contributed by atoms with van der Waals surface area (Å²) in [6.07, 6.45) is 2.04. The molecule has 1 saturated carbocycles. The van der Waals surface area contributed by atoms with Gasteiger partial charge in [-0.2, -0.15) is 4.39 Å². The van der Waals surface area contributed by atoms with Crippen molar-refractivity contribution in [2.24, 2.45) is 16.6 Å². The molecular weight excluding hydrogens is 336 g/mol. The number of nitrogens with two attached hydrogens (primary N) is 1. The summed E-state index contributed by atoms with van der Waals surface area (Å²) in [5, 5.41) is 0.313. The van der Waals surface area contributed by atoms with E-state index in [4.69, 9.17) is 5.73 Å². The molecule has 3 nitrogen and oxygen atoms in total. The minimum absolute atomic E-state index is 0.0482. The Kier molecular flexibility index (Phi) is 2.91. The van der Waals surface area contributed by atoms with Crippen LogP contribution in [0.1, 0.15) is 18.9 Å². The normalized spacial score (nSPS) is 36.6. The maximum Gasteiger partial charge on any atom is 0.218 e. The summed E-state index contributed by atoms with van der Waals surface area (Å²) < 4.78 is 27.4. The number of fused-ring (bicyclic) bond motifs is 1. The average molecular weight is 348 g/mol. The molecule has 0 amide bonds. The van der Waals surface area contributed by atoms with Gasteiger partial charge in [-0.3, -0.25) is 4.99 Å². The van der Waals surface area contributed by atoms with E-state index in [-0.39, 0.29) is 5.92 Å². The van der Waals surface area contributed by atoms with Crippen LogP contribution in [-0.4, -0.2) is 21.6 Å². The summed E-state index contributed by atoms with van der Waals surface area (Å²) in [4.78, 5) is 8.09. The van der Waals surface area contributed by atoms with Gasteiger partial charge in [0.1, 0.15) is 6.67 Å². The lowest BCUT2D eigenvalue weighted by Gasteiger charge is -2.33. The first-order valence-corrected chi connectivity index (χ1v) is 7.44. The molecule has 1 aromatic heterocycles. The molecule has 3 rings (SSSR count). The molecule has 19 heavy (non-hydrogen) atoms. The molecule has 2 aliphatic rings. The van der Waals surface area contributed by atoms with Crippen LogP contribution in [0.3, 0.4) is 0 Å². The van der Waals surface area contributed by atoms with E-state index in [1.807, 2.05) is 0 Å². The predicted molar refractivity (Wildman–Crippen MR) is 75.3 cm³/mol. The van der Waals surface area contributed by atoms with Gasteiger partial charge in [0.25, 0.3) is 0 Å². The SMILES string of the molecule is C[C@]1(c2cc(Br)cnc2F)N=C(N)S[C@@]2(CF)C[C@H]21. The first kappa shape index (κ1) is 13.3.